The summed E-state index contributed by atoms with van der Waals surface area (Å²) in [6.07, 6.45) is 3.22. The van der Waals surface area contributed by atoms with Gasteiger partial charge in [0, 0.05) is 30.8 Å². The number of benzene rings is 1. The fourth-order valence-electron chi connectivity index (χ4n) is 1.40. The molecular formula is C11H13N3O2S. The van der Waals surface area contributed by atoms with Crippen molar-refractivity contribution >= 4 is 21.4 Å². The number of hydrogen-bond acceptors (Lipinski definition) is 3. The Labute approximate surface area is 99.9 Å². The monoisotopic (exact) mass is 251 g/mol. The Morgan fingerprint density at radius 2 is 1.82 bits per heavy atom. The van der Waals surface area contributed by atoms with Crippen LogP contribution in [0.4, 0.5) is 11.4 Å². The van der Waals surface area contributed by atoms with Crippen LogP contribution in [0.5, 0.6) is 0 Å². The number of rotatable bonds is 3. The second-order valence-corrected chi connectivity index (χ2v) is 5.42. The third kappa shape index (κ3) is 2.59. The van der Waals surface area contributed by atoms with Gasteiger partial charge in [0.05, 0.1) is 0 Å². The highest BCUT2D eigenvalue weighted by Crippen LogP contribution is 2.17. The van der Waals surface area contributed by atoms with Crippen molar-refractivity contribution in [1.82, 2.24) is 4.57 Å². The van der Waals surface area contributed by atoms with E-state index < -0.39 is 10.0 Å². The number of nitrogen functional groups attached to an aromatic ring is 1. The van der Waals surface area contributed by atoms with Crippen LogP contribution in [0.25, 0.3) is 0 Å². The van der Waals surface area contributed by atoms with Gasteiger partial charge in [0.15, 0.2) is 0 Å². The summed E-state index contributed by atoms with van der Waals surface area (Å²) in [4.78, 5) is 0.233. The quantitative estimate of drug-likeness (QED) is 0.810. The van der Waals surface area contributed by atoms with E-state index in [1.54, 1.807) is 54.3 Å². The van der Waals surface area contributed by atoms with Gasteiger partial charge >= 0.3 is 0 Å². The molecule has 5 nitrogen and oxygen atoms in total. The van der Waals surface area contributed by atoms with Crippen molar-refractivity contribution in [2.45, 2.75) is 4.90 Å². The van der Waals surface area contributed by atoms with E-state index in [4.69, 9.17) is 5.73 Å². The number of aryl methyl sites for hydroxylation is 1. The molecule has 90 valence electrons. The standard InChI is InChI=1S/C11H13N3O2S/c1-14-7-6-11(8-14)17(15,16)13-10-4-2-9(12)3-5-10/h2-8,13H,12H2,1H3. The number of anilines is 2. The molecular weight excluding hydrogens is 238 g/mol. The lowest BCUT2D eigenvalue weighted by Crippen LogP contribution is -2.12. The third-order valence-corrected chi connectivity index (χ3v) is 3.64. The number of hydrogen-bond donors (Lipinski definition) is 2. The maximum absolute atomic E-state index is 11.9. The first-order valence-electron chi connectivity index (χ1n) is 4.98. The maximum Gasteiger partial charge on any atom is 0.263 e. The van der Waals surface area contributed by atoms with Crippen molar-refractivity contribution in [3.63, 3.8) is 0 Å². The molecule has 0 aliphatic carbocycles. The molecule has 0 amide bonds. The Morgan fingerprint density at radius 3 is 2.35 bits per heavy atom. The van der Waals surface area contributed by atoms with Crippen molar-refractivity contribution in [2.75, 3.05) is 10.5 Å². The van der Waals surface area contributed by atoms with Crippen LogP contribution in [0.15, 0.2) is 47.6 Å². The molecule has 1 aromatic carbocycles. The predicted octanol–water partition coefficient (Wildman–Crippen LogP) is 1.41. The van der Waals surface area contributed by atoms with Crippen LogP contribution in [0.1, 0.15) is 0 Å². The highest BCUT2D eigenvalue weighted by Gasteiger charge is 2.14. The van der Waals surface area contributed by atoms with E-state index in [0.29, 0.717) is 11.4 Å². The molecule has 1 heterocycles. The third-order valence-electron chi connectivity index (χ3n) is 2.28. The smallest absolute Gasteiger partial charge is 0.263 e. The maximum atomic E-state index is 11.9. The van der Waals surface area contributed by atoms with Gasteiger partial charge in [0.2, 0.25) is 0 Å². The highest BCUT2D eigenvalue weighted by atomic mass is 32.2. The molecule has 0 radical (unpaired) electrons. The van der Waals surface area contributed by atoms with Crippen molar-refractivity contribution in [3.05, 3.63) is 42.7 Å². The Balaban J connectivity index is 2.26. The van der Waals surface area contributed by atoms with Gasteiger partial charge < -0.3 is 10.3 Å². The first-order chi connectivity index (χ1) is 7.97. The second kappa shape index (κ2) is 4.14. The van der Waals surface area contributed by atoms with Gasteiger partial charge in [-0.1, -0.05) is 0 Å². The summed E-state index contributed by atoms with van der Waals surface area (Å²) in [6.45, 7) is 0. The van der Waals surface area contributed by atoms with Gasteiger partial charge in [0.25, 0.3) is 10.0 Å². The minimum Gasteiger partial charge on any atom is -0.399 e. The Morgan fingerprint density at radius 1 is 1.18 bits per heavy atom. The summed E-state index contributed by atoms with van der Waals surface area (Å²) >= 11 is 0. The second-order valence-electron chi connectivity index (χ2n) is 3.74. The molecule has 0 bridgehead atoms. The summed E-state index contributed by atoms with van der Waals surface area (Å²) in [5.74, 6) is 0. The fraction of sp³-hybridized carbons (Fsp3) is 0.0909. The Bertz CT molecular complexity index is 614. The molecule has 0 atom stereocenters. The number of aromatic nitrogens is 1. The minimum atomic E-state index is -3.52. The van der Waals surface area contributed by atoms with E-state index in [9.17, 15) is 8.42 Å². The van der Waals surface area contributed by atoms with Gasteiger partial charge in [-0.15, -0.1) is 0 Å². The molecule has 0 unspecified atom stereocenters. The average molecular weight is 251 g/mol. The summed E-state index contributed by atoms with van der Waals surface area (Å²) in [7, 11) is -1.75. The van der Waals surface area contributed by atoms with E-state index in [2.05, 4.69) is 4.72 Å². The zero-order chi connectivity index (χ0) is 12.5. The van der Waals surface area contributed by atoms with Crippen molar-refractivity contribution < 1.29 is 8.42 Å². The average Bonchev–Trinajstić information content (AvgIpc) is 2.69. The van der Waals surface area contributed by atoms with Gasteiger partial charge in [0.1, 0.15) is 4.90 Å². The molecule has 1 aromatic heterocycles. The van der Waals surface area contributed by atoms with Crippen molar-refractivity contribution in [2.24, 2.45) is 7.05 Å². The van der Waals surface area contributed by atoms with E-state index in [1.807, 2.05) is 0 Å². The SMILES string of the molecule is Cn1ccc(S(=O)(=O)Nc2ccc(N)cc2)c1. The molecule has 0 aliphatic heterocycles. The Hall–Kier alpha value is -1.95. The van der Waals surface area contributed by atoms with Crippen LogP contribution in [-0.2, 0) is 17.1 Å². The van der Waals surface area contributed by atoms with Crippen molar-refractivity contribution in [3.8, 4) is 0 Å². The minimum absolute atomic E-state index is 0.233. The molecule has 0 saturated heterocycles. The molecule has 6 heteroatoms. The normalized spacial score (nSPS) is 11.4. The van der Waals surface area contributed by atoms with Crippen molar-refractivity contribution in [1.29, 1.82) is 0 Å². The van der Waals surface area contributed by atoms with E-state index >= 15 is 0 Å². The number of nitrogens with zero attached hydrogens (tertiary/aromatic N) is 1. The lowest BCUT2D eigenvalue weighted by atomic mass is 10.3. The largest absolute Gasteiger partial charge is 0.399 e. The number of nitrogens with one attached hydrogen (secondary N) is 1. The summed E-state index contributed by atoms with van der Waals surface area (Å²) in [5.41, 5.74) is 6.60. The molecule has 0 fully saturated rings. The number of nitrogens with two attached hydrogens (primary N) is 1. The number of sulfonamides is 1. The van der Waals surface area contributed by atoms with E-state index in [0.717, 1.165) is 0 Å². The molecule has 3 N–H and O–H groups in total. The van der Waals surface area contributed by atoms with Gasteiger partial charge in [-0.2, -0.15) is 0 Å². The lowest BCUT2D eigenvalue weighted by molar-refractivity contribution is 0.601. The van der Waals surface area contributed by atoms with Crippen LogP contribution in [-0.4, -0.2) is 13.0 Å². The van der Waals surface area contributed by atoms with E-state index in [1.165, 1.54) is 0 Å². The van der Waals surface area contributed by atoms with E-state index in [-0.39, 0.29) is 4.90 Å². The van der Waals surface area contributed by atoms with Gasteiger partial charge in [-0.3, -0.25) is 4.72 Å². The first-order valence-corrected chi connectivity index (χ1v) is 6.46. The summed E-state index contributed by atoms with van der Waals surface area (Å²) < 4.78 is 28.0. The summed E-state index contributed by atoms with van der Waals surface area (Å²) in [6, 6.07) is 8.07. The molecule has 0 saturated carbocycles. The molecule has 2 rings (SSSR count). The fourth-order valence-corrected chi connectivity index (χ4v) is 2.51. The van der Waals surface area contributed by atoms with Crippen LogP contribution >= 0.6 is 0 Å². The topological polar surface area (TPSA) is 77.1 Å². The predicted molar refractivity (Wildman–Crippen MR) is 67.1 cm³/mol. The van der Waals surface area contributed by atoms with Gasteiger partial charge in [-0.05, 0) is 30.3 Å². The Kier molecular flexibility index (Phi) is 2.81. The molecule has 0 aliphatic rings. The highest BCUT2D eigenvalue weighted by molar-refractivity contribution is 7.92. The lowest BCUT2D eigenvalue weighted by Gasteiger charge is -2.06. The van der Waals surface area contributed by atoms with Crippen LogP contribution in [0, 0.1) is 0 Å². The van der Waals surface area contributed by atoms with Gasteiger partial charge in [-0.25, -0.2) is 8.42 Å². The molecule has 2 aromatic rings. The van der Waals surface area contributed by atoms with Crippen LogP contribution in [0.2, 0.25) is 0 Å². The molecule has 0 spiro atoms. The van der Waals surface area contributed by atoms with Crippen LogP contribution in [0.3, 0.4) is 0 Å². The zero-order valence-electron chi connectivity index (χ0n) is 9.29. The summed E-state index contributed by atoms with van der Waals surface area (Å²) in [5, 5.41) is 0. The van der Waals surface area contributed by atoms with Crippen LogP contribution < -0.4 is 10.5 Å². The zero-order valence-corrected chi connectivity index (χ0v) is 10.1. The first kappa shape index (κ1) is 11.5. The molecule has 17 heavy (non-hydrogen) atoms.